The highest BCUT2D eigenvalue weighted by Crippen LogP contribution is 2.25. The van der Waals surface area contributed by atoms with Gasteiger partial charge in [-0.3, -0.25) is 0 Å². The second kappa shape index (κ2) is 5.71. The number of nitrogens with one attached hydrogen (secondary N) is 1. The zero-order valence-corrected chi connectivity index (χ0v) is 12.7. The molecule has 1 aromatic rings. The van der Waals surface area contributed by atoms with E-state index in [0.717, 1.165) is 12.8 Å². The van der Waals surface area contributed by atoms with E-state index in [4.69, 9.17) is 5.73 Å². The third-order valence-corrected chi connectivity index (χ3v) is 5.58. The van der Waals surface area contributed by atoms with Crippen molar-refractivity contribution >= 4 is 15.7 Å². The van der Waals surface area contributed by atoms with Crippen LogP contribution in [0.3, 0.4) is 0 Å². The fourth-order valence-electron chi connectivity index (χ4n) is 2.91. The Morgan fingerprint density at radius 1 is 1.20 bits per heavy atom. The van der Waals surface area contributed by atoms with Gasteiger partial charge >= 0.3 is 0 Å². The average molecular weight is 298 g/mol. The van der Waals surface area contributed by atoms with E-state index < -0.39 is 22.2 Å². The summed E-state index contributed by atoms with van der Waals surface area (Å²) in [6.45, 7) is 3.46. The Kier molecular flexibility index (Phi) is 4.36. The number of nitrogen functional groups attached to an aromatic ring is 1. The van der Waals surface area contributed by atoms with Gasteiger partial charge < -0.3 is 10.8 Å². The van der Waals surface area contributed by atoms with Crippen LogP contribution in [0, 0.1) is 13.8 Å². The topological polar surface area (TPSA) is 92.4 Å². The van der Waals surface area contributed by atoms with Crippen LogP contribution in [0.15, 0.2) is 17.0 Å². The Morgan fingerprint density at radius 2 is 1.75 bits per heavy atom. The third-order valence-electron chi connectivity index (χ3n) is 3.79. The van der Waals surface area contributed by atoms with Crippen LogP contribution in [0.25, 0.3) is 0 Å². The summed E-state index contributed by atoms with van der Waals surface area (Å²) in [5, 5.41) is 9.91. The molecule has 1 aromatic carbocycles. The highest BCUT2D eigenvalue weighted by atomic mass is 32.2. The molecule has 1 aliphatic rings. The molecule has 1 aliphatic carbocycles. The smallest absolute Gasteiger partial charge is 0.241 e. The molecule has 6 heteroatoms. The van der Waals surface area contributed by atoms with E-state index in [0.29, 0.717) is 29.7 Å². The van der Waals surface area contributed by atoms with E-state index in [1.165, 1.54) is 0 Å². The summed E-state index contributed by atoms with van der Waals surface area (Å²) in [6, 6.07) is 2.91. The molecular weight excluding hydrogens is 276 g/mol. The Balaban J connectivity index is 2.31. The minimum absolute atomic E-state index is 0.268. The molecule has 112 valence electrons. The zero-order valence-electron chi connectivity index (χ0n) is 11.9. The van der Waals surface area contributed by atoms with Gasteiger partial charge in [0.05, 0.1) is 11.0 Å². The molecule has 5 nitrogen and oxygen atoms in total. The van der Waals surface area contributed by atoms with Crippen LogP contribution < -0.4 is 10.5 Å². The fraction of sp³-hybridized carbons (Fsp3) is 0.571. The van der Waals surface area contributed by atoms with E-state index in [9.17, 15) is 13.5 Å². The molecule has 0 unspecified atom stereocenters. The molecule has 2 atom stereocenters. The Morgan fingerprint density at radius 3 is 2.30 bits per heavy atom. The molecule has 0 spiro atoms. The molecule has 0 aromatic heterocycles. The van der Waals surface area contributed by atoms with Crippen molar-refractivity contribution in [2.45, 2.75) is 56.6 Å². The van der Waals surface area contributed by atoms with Gasteiger partial charge in [-0.25, -0.2) is 13.1 Å². The molecule has 1 fully saturated rings. The first-order valence-corrected chi connectivity index (χ1v) is 8.36. The highest BCUT2D eigenvalue weighted by molar-refractivity contribution is 7.89. The van der Waals surface area contributed by atoms with Crippen LogP contribution in [0.4, 0.5) is 5.69 Å². The molecule has 0 radical (unpaired) electrons. The fourth-order valence-corrected chi connectivity index (χ4v) is 4.67. The lowest BCUT2D eigenvalue weighted by molar-refractivity contribution is 0.101. The van der Waals surface area contributed by atoms with Crippen molar-refractivity contribution in [2.75, 3.05) is 5.73 Å². The van der Waals surface area contributed by atoms with Gasteiger partial charge in [0.2, 0.25) is 10.0 Å². The van der Waals surface area contributed by atoms with Gasteiger partial charge in [0.15, 0.2) is 0 Å². The molecule has 0 amide bonds. The molecule has 4 N–H and O–H groups in total. The van der Waals surface area contributed by atoms with Gasteiger partial charge in [0, 0.05) is 11.7 Å². The molecule has 0 saturated heterocycles. The van der Waals surface area contributed by atoms with Gasteiger partial charge in [0.1, 0.15) is 0 Å². The largest absolute Gasteiger partial charge is 0.399 e. The van der Waals surface area contributed by atoms with Gasteiger partial charge in [-0.2, -0.15) is 0 Å². The molecular formula is C14H22N2O3S. The monoisotopic (exact) mass is 298 g/mol. The number of aliphatic hydroxyl groups excluding tert-OH is 1. The van der Waals surface area contributed by atoms with Crippen LogP contribution in [0.5, 0.6) is 0 Å². The van der Waals surface area contributed by atoms with E-state index >= 15 is 0 Å². The second-order valence-corrected chi connectivity index (χ2v) is 7.21. The van der Waals surface area contributed by atoms with Crippen LogP contribution in [0.1, 0.15) is 36.8 Å². The molecule has 20 heavy (non-hydrogen) atoms. The minimum atomic E-state index is -3.64. The van der Waals surface area contributed by atoms with Crippen molar-refractivity contribution in [3.63, 3.8) is 0 Å². The maximum absolute atomic E-state index is 12.5. The SMILES string of the molecule is Cc1cc(N)cc(C)c1S(=O)(=O)N[C@H]1CCCC[C@@H]1O. The van der Waals surface area contributed by atoms with E-state index in [2.05, 4.69) is 4.72 Å². The van der Waals surface area contributed by atoms with Crippen LogP contribution in [-0.4, -0.2) is 25.7 Å². The van der Waals surface area contributed by atoms with Crippen LogP contribution in [0.2, 0.25) is 0 Å². The first-order chi connectivity index (χ1) is 9.31. The number of anilines is 1. The minimum Gasteiger partial charge on any atom is -0.399 e. The van der Waals surface area contributed by atoms with Crippen LogP contribution in [-0.2, 0) is 10.0 Å². The summed E-state index contributed by atoms with van der Waals surface area (Å²) in [4.78, 5) is 0.268. The summed E-state index contributed by atoms with van der Waals surface area (Å²) in [5.41, 5.74) is 7.53. The summed E-state index contributed by atoms with van der Waals surface area (Å²) in [6.07, 6.45) is 2.59. The number of hydrogen-bond donors (Lipinski definition) is 3. The number of aryl methyl sites for hydroxylation is 2. The van der Waals surface area contributed by atoms with Crippen molar-refractivity contribution in [1.82, 2.24) is 4.72 Å². The molecule has 1 saturated carbocycles. The van der Waals surface area contributed by atoms with E-state index in [1.54, 1.807) is 26.0 Å². The van der Waals surface area contributed by atoms with Crippen molar-refractivity contribution in [3.05, 3.63) is 23.3 Å². The van der Waals surface area contributed by atoms with Gasteiger partial charge in [-0.15, -0.1) is 0 Å². The standard InChI is InChI=1S/C14H22N2O3S/c1-9-7-11(15)8-10(2)14(9)20(18,19)16-12-5-3-4-6-13(12)17/h7-8,12-13,16-17H,3-6,15H2,1-2H3/t12-,13-/m0/s1. The lowest BCUT2D eigenvalue weighted by Gasteiger charge is -2.28. The first kappa shape index (κ1) is 15.3. The van der Waals surface area contributed by atoms with Gasteiger partial charge in [0.25, 0.3) is 0 Å². The maximum Gasteiger partial charge on any atom is 0.241 e. The second-order valence-electron chi connectivity index (χ2n) is 5.56. The van der Waals surface area contributed by atoms with Crippen molar-refractivity contribution in [1.29, 1.82) is 0 Å². The Labute approximate surface area is 120 Å². The summed E-state index contributed by atoms with van der Waals surface area (Å²) in [7, 11) is -3.64. The lowest BCUT2D eigenvalue weighted by Crippen LogP contribution is -2.45. The predicted octanol–water partition coefficient (Wildman–Crippen LogP) is 1.47. The van der Waals surface area contributed by atoms with Crippen LogP contribution >= 0.6 is 0 Å². The summed E-state index contributed by atoms with van der Waals surface area (Å²) < 4.78 is 27.7. The van der Waals surface area contributed by atoms with E-state index in [-0.39, 0.29) is 4.90 Å². The first-order valence-electron chi connectivity index (χ1n) is 6.88. The van der Waals surface area contributed by atoms with Crippen molar-refractivity contribution in [2.24, 2.45) is 0 Å². The summed E-state index contributed by atoms with van der Waals surface area (Å²) >= 11 is 0. The Hall–Kier alpha value is -1.11. The molecule has 2 rings (SSSR count). The highest BCUT2D eigenvalue weighted by Gasteiger charge is 2.29. The van der Waals surface area contributed by atoms with Crippen molar-refractivity contribution in [3.8, 4) is 0 Å². The molecule has 0 heterocycles. The number of benzene rings is 1. The van der Waals surface area contributed by atoms with Gasteiger partial charge in [-0.05, 0) is 49.9 Å². The molecule has 0 bridgehead atoms. The normalized spacial score (nSPS) is 23.8. The molecule has 0 aliphatic heterocycles. The zero-order chi connectivity index (χ0) is 14.9. The van der Waals surface area contributed by atoms with Gasteiger partial charge in [-0.1, -0.05) is 12.8 Å². The van der Waals surface area contributed by atoms with E-state index in [1.807, 2.05) is 0 Å². The number of aliphatic hydroxyl groups is 1. The van der Waals surface area contributed by atoms with Crippen molar-refractivity contribution < 1.29 is 13.5 Å². The average Bonchev–Trinajstić information content (AvgIpc) is 2.30. The number of hydrogen-bond acceptors (Lipinski definition) is 4. The predicted molar refractivity (Wildman–Crippen MR) is 78.9 cm³/mol. The quantitative estimate of drug-likeness (QED) is 0.737. The number of sulfonamides is 1. The maximum atomic E-state index is 12.5. The Bertz CT molecular complexity index is 575. The summed E-state index contributed by atoms with van der Waals surface area (Å²) in [5.74, 6) is 0. The lowest BCUT2D eigenvalue weighted by atomic mass is 9.93. The number of rotatable bonds is 3. The third kappa shape index (κ3) is 3.13. The number of nitrogens with two attached hydrogens (primary N) is 1.